The van der Waals surface area contributed by atoms with Gasteiger partial charge in [-0.05, 0) is 71.0 Å². The van der Waals surface area contributed by atoms with Crippen molar-refractivity contribution < 1.29 is 19.4 Å². The van der Waals surface area contributed by atoms with E-state index >= 15 is 0 Å². The molecule has 132 valence electrons. The number of nitrogens with one attached hydrogen (secondary N) is 1. The van der Waals surface area contributed by atoms with Crippen LogP contribution in [-0.2, 0) is 4.79 Å². The van der Waals surface area contributed by atoms with Gasteiger partial charge in [-0.1, -0.05) is 11.6 Å². The van der Waals surface area contributed by atoms with E-state index in [9.17, 15) is 9.90 Å². The molecule has 6 nitrogen and oxygen atoms in total. The number of methoxy groups -OCH3 is 1. The molecule has 0 saturated heterocycles. The molecule has 0 aliphatic rings. The van der Waals surface area contributed by atoms with Gasteiger partial charge in [-0.25, -0.2) is 5.43 Å². The van der Waals surface area contributed by atoms with Gasteiger partial charge in [0.25, 0.3) is 5.91 Å². The van der Waals surface area contributed by atoms with Crippen LogP contribution in [0, 0.1) is 10.5 Å². The minimum atomic E-state index is -0.399. The van der Waals surface area contributed by atoms with E-state index in [1.807, 2.05) is 29.5 Å². The summed E-state index contributed by atoms with van der Waals surface area (Å²) in [6, 6.07) is 8.48. The summed E-state index contributed by atoms with van der Waals surface area (Å²) in [5.74, 6) is 0.556. The van der Waals surface area contributed by atoms with Crippen LogP contribution in [0.2, 0.25) is 5.02 Å². The van der Waals surface area contributed by atoms with Crippen LogP contribution in [-0.4, -0.2) is 30.9 Å². The van der Waals surface area contributed by atoms with Gasteiger partial charge >= 0.3 is 0 Å². The van der Waals surface area contributed by atoms with Crippen LogP contribution < -0.4 is 14.9 Å². The van der Waals surface area contributed by atoms with Gasteiger partial charge in [0.05, 0.1) is 16.9 Å². The Morgan fingerprint density at radius 1 is 1.40 bits per heavy atom. The molecule has 0 aliphatic carbocycles. The molecule has 2 rings (SSSR count). The third-order valence-electron chi connectivity index (χ3n) is 3.17. The maximum Gasteiger partial charge on any atom is 0.277 e. The number of rotatable bonds is 6. The predicted molar refractivity (Wildman–Crippen MR) is 105 cm³/mol. The highest BCUT2D eigenvalue weighted by atomic mass is 127. The summed E-state index contributed by atoms with van der Waals surface area (Å²) in [6.45, 7) is 1.68. The number of amides is 1. The lowest BCUT2D eigenvalue weighted by atomic mass is 10.2. The van der Waals surface area contributed by atoms with Crippen LogP contribution in [0.5, 0.6) is 17.2 Å². The summed E-state index contributed by atoms with van der Waals surface area (Å²) >= 11 is 7.91. The van der Waals surface area contributed by atoms with Crippen LogP contribution in [0.25, 0.3) is 0 Å². The first-order valence-corrected chi connectivity index (χ1v) is 8.63. The lowest BCUT2D eigenvalue weighted by molar-refractivity contribution is -0.123. The molecule has 0 aliphatic heterocycles. The van der Waals surface area contributed by atoms with Crippen LogP contribution in [0.15, 0.2) is 35.4 Å². The summed E-state index contributed by atoms with van der Waals surface area (Å²) in [4.78, 5) is 11.8. The molecule has 0 spiro atoms. The maximum absolute atomic E-state index is 11.8. The molecule has 1 amide bonds. The van der Waals surface area contributed by atoms with E-state index < -0.39 is 5.91 Å². The number of nitrogens with zero attached hydrogens (tertiary/aromatic N) is 1. The highest BCUT2D eigenvalue weighted by Crippen LogP contribution is 2.31. The minimum absolute atomic E-state index is 0.0657. The first-order valence-electron chi connectivity index (χ1n) is 7.18. The van der Waals surface area contributed by atoms with Crippen molar-refractivity contribution in [3.63, 3.8) is 0 Å². The van der Waals surface area contributed by atoms with Crippen molar-refractivity contribution in [2.45, 2.75) is 6.92 Å². The van der Waals surface area contributed by atoms with Gasteiger partial charge in [0.2, 0.25) is 0 Å². The zero-order chi connectivity index (χ0) is 18.4. The molecule has 0 heterocycles. The molecule has 0 bridgehead atoms. The number of hydrazone groups is 1. The molecule has 0 saturated carbocycles. The quantitative estimate of drug-likeness (QED) is 0.382. The highest BCUT2D eigenvalue weighted by molar-refractivity contribution is 14.1. The van der Waals surface area contributed by atoms with Crippen LogP contribution in [0.3, 0.4) is 0 Å². The van der Waals surface area contributed by atoms with Crippen molar-refractivity contribution >= 4 is 46.3 Å². The number of aromatic hydroxyl groups is 1. The average molecular weight is 475 g/mol. The Hall–Kier alpha value is -2.00. The molecule has 2 N–H and O–H groups in total. The van der Waals surface area contributed by atoms with Gasteiger partial charge < -0.3 is 14.6 Å². The predicted octanol–water partition coefficient (Wildman–Crippen LogP) is 3.50. The Kier molecular flexibility index (Phi) is 6.89. The van der Waals surface area contributed by atoms with Crippen molar-refractivity contribution in [1.29, 1.82) is 0 Å². The fourth-order valence-electron chi connectivity index (χ4n) is 1.89. The lowest BCUT2D eigenvalue weighted by Gasteiger charge is -2.07. The summed E-state index contributed by atoms with van der Waals surface area (Å²) in [5, 5.41) is 14.3. The zero-order valence-electron chi connectivity index (χ0n) is 13.5. The van der Waals surface area contributed by atoms with Gasteiger partial charge in [-0.2, -0.15) is 5.10 Å². The summed E-state index contributed by atoms with van der Waals surface area (Å²) < 4.78 is 11.1. The summed E-state index contributed by atoms with van der Waals surface area (Å²) in [7, 11) is 1.46. The zero-order valence-corrected chi connectivity index (χ0v) is 16.5. The Morgan fingerprint density at radius 3 is 2.84 bits per heavy atom. The Morgan fingerprint density at radius 2 is 2.16 bits per heavy atom. The SMILES string of the molecule is COc1cc(/C=N\NC(=O)COc2ccc(Cl)c(C)c2)cc(I)c1O. The van der Waals surface area contributed by atoms with Crippen molar-refractivity contribution in [1.82, 2.24) is 5.43 Å². The largest absolute Gasteiger partial charge is 0.504 e. The fraction of sp³-hybridized carbons (Fsp3) is 0.176. The van der Waals surface area contributed by atoms with Crippen LogP contribution in [0.1, 0.15) is 11.1 Å². The summed E-state index contributed by atoms with van der Waals surface area (Å²) in [5.41, 5.74) is 3.92. The van der Waals surface area contributed by atoms with E-state index in [1.165, 1.54) is 13.3 Å². The summed E-state index contributed by atoms with van der Waals surface area (Å²) in [6.07, 6.45) is 1.45. The molecule has 2 aromatic carbocycles. The molecule has 2 aromatic rings. The molecule has 0 fully saturated rings. The second kappa shape index (κ2) is 8.91. The van der Waals surface area contributed by atoms with Crippen LogP contribution >= 0.6 is 34.2 Å². The van der Waals surface area contributed by atoms with Gasteiger partial charge in [0.15, 0.2) is 18.1 Å². The number of ether oxygens (including phenoxy) is 2. The smallest absolute Gasteiger partial charge is 0.277 e. The number of carbonyl (C=O) groups is 1. The van der Waals surface area contributed by atoms with E-state index in [2.05, 4.69) is 10.5 Å². The van der Waals surface area contributed by atoms with E-state index in [1.54, 1.807) is 30.3 Å². The topological polar surface area (TPSA) is 80.2 Å². The average Bonchev–Trinajstić information content (AvgIpc) is 2.59. The molecule has 0 radical (unpaired) electrons. The third kappa shape index (κ3) is 5.50. The fourth-order valence-corrected chi connectivity index (χ4v) is 2.63. The number of phenols is 1. The minimum Gasteiger partial charge on any atom is -0.504 e. The molecular weight excluding hydrogens is 459 g/mol. The first-order chi connectivity index (χ1) is 11.9. The third-order valence-corrected chi connectivity index (χ3v) is 4.42. The highest BCUT2D eigenvalue weighted by Gasteiger charge is 2.08. The van der Waals surface area contributed by atoms with Gasteiger partial charge in [-0.15, -0.1) is 0 Å². The van der Waals surface area contributed by atoms with Gasteiger partial charge in [0, 0.05) is 5.02 Å². The Bertz CT molecular complexity index is 811. The monoisotopic (exact) mass is 474 g/mol. The van der Waals surface area contributed by atoms with Crippen molar-refractivity contribution in [2.24, 2.45) is 5.10 Å². The molecule has 0 atom stereocenters. The van der Waals surface area contributed by atoms with E-state index in [0.29, 0.717) is 25.7 Å². The van der Waals surface area contributed by atoms with E-state index in [0.717, 1.165) is 5.56 Å². The number of hydrogen-bond donors (Lipinski definition) is 2. The number of halogens is 2. The Balaban J connectivity index is 1.90. The first kappa shape index (κ1) is 19.3. The van der Waals surface area contributed by atoms with Gasteiger partial charge in [-0.3, -0.25) is 4.79 Å². The van der Waals surface area contributed by atoms with Crippen molar-refractivity contribution in [2.75, 3.05) is 13.7 Å². The maximum atomic E-state index is 11.8. The normalized spacial score (nSPS) is 10.7. The number of benzene rings is 2. The molecule has 0 unspecified atom stereocenters. The molecule has 0 aromatic heterocycles. The second-order valence-electron chi connectivity index (χ2n) is 5.05. The van der Waals surface area contributed by atoms with Crippen molar-refractivity contribution in [3.8, 4) is 17.2 Å². The standard InChI is InChI=1S/C17H16ClIN2O4/c1-10-5-12(3-4-13(10)18)25-9-16(22)21-20-8-11-6-14(19)17(23)15(7-11)24-2/h3-8,23H,9H2,1-2H3,(H,21,22)/b20-8-. The molecule has 8 heteroatoms. The molecular formula is C17H16ClIN2O4. The van der Waals surface area contributed by atoms with Crippen LogP contribution in [0.4, 0.5) is 0 Å². The van der Waals surface area contributed by atoms with E-state index in [-0.39, 0.29) is 12.4 Å². The second-order valence-corrected chi connectivity index (χ2v) is 6.62. The van der Waals surface area contributed by atoms with Crippen molar-refractivity contribution in [3.05, 3.63) is 50.1 Å². The van der Waals surface area contributed by atoms with Gasteiger partial charge in [0.1, 0.15) is 5.75 Å². The van der Waals surface area contributed by atoms with E-state index in [4.69, 9.17) is 21.1 Å². The number of phenolic OH excluding ortho intramolecular Hbond substituents is 1. The Labute approximate surface area is 163 Å². The molecule has 25 heavy (non-hydrogen) atoms. The number of aryl methyl sites for hydroxylation is 1. The number of carbonyl (C=O) groups excluding carboxylic acids is 1. The number of hydrogen-bond acceptors (Lipinski definition) is 5. The lowest BCUT2D eigenvalue weighted by Crippen LogP contribution is -2.24.